The number of nitrogens with one attached hydrogen (secondary N) is 1. The zero-order valence-corrected chi connectivity index (χ0v) is 17.6. The fourth-order valence-corrected chi connectivity index (χ4v) is 2.83. The molecular weight excluding hydrogens is 342 g/mol. The molecule has 1 unspecified atom stereocenters. The average molecular weight is 384 g/mol. The first-order chi connectivity index (χ1) is 13.1. The number of hydrogen-bond acceptors (Lipinski definition) is 4. The zero-order valence-electron chi connectivity index (χ0n) is 17.6. The third-order valence-electron chi connectivity index (χ3n) is 4.51. The second kappa shape index (κ2) is 19.2. The van der Waals surface area contributed by atoms with Crippen molar-refractivity contribution in [2.45, 2.75) is 103 Å². The van der Waals surface area contributed by atoms with E-state index in [1.54, 1.807) is 6.92 Å². The number of alkyl carbamates (subject to hydrolysis) is 1. The second-order valence-corrected chi connectivity index (χ2v) is 7.16. The Morgan fingerprint density at radius 1 is 0.852 bits per heavy atom. The molecule has 5 nitrogen and oxygen atoms in total. The number of rotatable bonds is 18. The summed E-state index contributed by atoms with van der Waals surface area (Å²) in [6, 6.07) is -0.704. The van der Waals surface area contributed by atoms with Crippen molar-refractivity contribution in [1.29, 1.82) is 0 Å². The largest absolute Gasteiger partial charge is 0.464 e. The van der Waals surface area contributed by atoms with Gasteiger partial charge in [0.1, 0.15) is 12.6 Å². The first kappa shape index (κ1) is 25.5. The van der Waals surface area contributed by atoms with Crippen molar-refractivity contribution in [2.75, 3.05) is 13.2 Å². The molecule has 0 aliphatic heterocycles. The van der Waals surface area contributed by atoms with Gasteiger partial charge in [0.15, 0.2) is 0 Å². The highest BCUT2D eigenvalue weighted by molar-refractivity contribution is 5.80. The molecule has 158 valence electrons. The van der Waals surface area contributed by atoms with Crippen molar-refractivity contribution in [3.05, 3.63) is 12.7 Å². The molecule has 0 aromatic heterocycles. The van der Waals surface area contributed by atoms with Crippen LogP contribution in [0.25, 0.3) is 0 Å². The van der Waals surface area contributed by atoms with Gasteiger partial charge in [-0.1, -0.05) is 96.6 Å². The van der Waals surface area contributed by atoms with Crippen molar-refractivity contribution in [3.63, 3.8) is 0 Å². The highest BCUT2D eigenvalue weighted by Gasteiger charge is 2.17. The summed E-state index contributed by atoms with van der Waals surface area (Å²) in [7, 11) is 0. The molecule has 0 aromatic rings. The van der Waals surface area contributed by atoms with Crippen LogP contribution in [0, 0.1) is 0 Å². The standard InChI is InChI=1S/C22H41NO4/c1-4-6-7-8-9-10-11-12-13-14-15-16-17-19-26-21(24)20(3)23-22(25)27-18-5-2/h5,20H,2,4,6-19H2,1,3H3,(H,23,25). The number of amides is 1. The normalized spacial score (nSPS) is 11.6. The molecule has 1 N–H and O–H groups in total. The van der Waals surface area contributed by atoms with Gasteiger partial charge in [-0.2, -0.15) is 0 Å². The summed E-state index contributed by atoms with van der Waals surface area (Å²) in [5.41, 5.74) is 0. The highest BCUT2D eigenvalue weighted by atomic mass is 16.6. The van der Waals surface area contributed by atoms with Crippen LogP contribution in [-0.2, 0) is 14.3 Å². The summed E-state index contributed by atoms with van der Waals surface area (Å²) in [4.78, 5) is 23.1. The molecule has 0 saturated carbocycles. The van der Waals surface area contributed by atoms with E-state index in [9.17, 15) is 9.59 Å². The molecule has 0 saturated heterocycles. The Labute approximate surface area is 166 Å². The lowest BCUT2D eigenvalue weighted by Gasteiger charge is -2.13. The minimum absolute atomic E-state index is 0.118. The molecule has 0 aromatic carbocycles. The molecule has 27 heavy (non-hydrogen) atoms. The van der Waals surface area contributed by atoms with Crippen LogP contribution in [0.5, 0.6) is 0 Å². The van der Waals surface area contributed by atoms with Crippen molar-refractivity contribution >= 4 is 12.1 Å². The van der Waals surface area contributed by atoms with Gasteiger partial charge in [0.25, 0.3) is 0 Å². The Balaban J connectivity index is 3.37. The van der Waals surface area contributed by atoms with Crippen LogP contribution in [0.15, 0.2) is 12.7 Å². The molecule has 0 rings (SSSR count). The van der Waals surface area contributed by atoms with Gasteiger partial charge in [0.05, 0.1) is 6.61 Å². The van der Waals surface area contributed by atoms with Crippen LogP contribution in [0.3, 0.4) is 0 Å². The number of hydrogen-bond donors (Lipinski definition) is 1. The molecule has 0 fully saturated rings. The van der Waals surface area contributed by atoms with Crippen LogP contribution in [-0.4, -0.2) is 31.3 Å². The molecule has 0 heterocycles. The first-order valence-electron chi connectivity index (χ1n) is 10.8. The van der Waals surface area contributed by atoms with Crippen LogP contribution in [0.1, 0.15) is 97.3 Å². The van der Waals surface area contributed by atoms with Crippen molar-refractivity contribution in [3.8, 4) is 0 Å². The molecule has 0 aliphatic rings. The van der Waals surface area contributed by atoms with E-state index in [4.69, 9.17) is 9.47 Å². The van der Waals surface area contributed by atoms with Crippen molar-refractivity contribution in [1.82, 2.24) is 5.32 Å². The van der Waals surface area contributed by atoms with E-state index in [1.165, 1.54) is 76.7 Å². The molecular formula is C22H41NO4. The van der Waals surface area contributed by atoms with Crippen LogP contribution >= 0.6 is 0 Å². The topological polar surface area (TPSA) is 64.6 Å². The lowest BCUT2D eigenvalue weighted by molar-refractivity contribution is -0.145. The van der Waals surface area contributed by atoms with E-state index in [2.05, 4.69) is 18.8 Å². The molecule has 0 spiro atoms. The van der Waals surface area contributed by atoms with Gasteiger partial charge < -0.3 is 14.8 Å². The second-order valence-electron chi connectivity index (χ2n) is 7.16. The Morgan fingerprint density at radius 2 is 1.33 bits per heavy atom. The van der Waals surface area contributed by atoms with E-state index in [-0.39, 0.29) is 6.61 Å². The van der Waals surface area contributed by atoms with Crippen LogP contribution in [0.2, 0.25) is 0 Å². The number of unbranched alkanes of at least 4 members (excludes halogenated alkanes) is 12. The predicted octanol–water partition coefficient (Wildman–Crippen LogP) is 5.92. The zero-order chi connectivity index (χ0) is 20.2. The Kier molecular flexibility index (Phi) is 18.2. The number of esters is 1. The van der Waals surface area contributed by atoms with Crippen LogP contribution in [0.4, 0.5) is 4.79 Å². The molecule has 0 radical (unpaired) electrons. The minimum Gasteiger partial charge on any atom is -0.464 e. The smallest absolute Gasteiger partial charge is 0.408 e. The van der Waals surface area contributed by atoms with Crippen LogP contribution < -0.4 is 5.32 Å². The summed E-state index contributed by atoms with van der Waals surface area (Å²) < 4.78 is 9.94. The van der Waals surface area contributed by atoms with Gasteiger partial charge in [-0.05, 0) is 13.3 Å². The van der Waals surface area contributed by atoms with E-state index in [0.717, 1.165) is 12.8 Å². The minimum atomic E-state index is -0.704. The van der Waals surface area contributed by atoms with E-state index < -0.39 is 18.1 Å². The van der Waals surface area contributed by atoms with Crippen molar-refractivity contribution < 1.29 is 19.1 Å². The maximum atomic E-state index is 11.8. The SMILES string of the molecule is C=CCOC(=O)NC(C)C(=O)OCCCCCCCCCCCCCCC. The summed E-state index contributed by atoms with van der Waals surface area (Å²) in [6.45, 7) is 7.82. The Bertz CT molecular complexity index is 385. The number of carbonyl (C=O) groups is 2. The monoisotopic (exact) mass is 383 g/mol. The quantitative estimate of drug-likeness (QED) is 0.181. The summed E-state index contributed by atoms with van der Waals surface area (Å²) >= 11 is 0. The molecule has 0 bridgehead atoms. The van der Waals surface area contributed by atoms with Gasteiger partial charge >= 0.3 is 12.1 Å². The Hall–Kier alpha value is -1.52. The van der Waals surface area contributed by atoms with Gasteiger partial charge in [-0.3, -0.25) is 0 Å². The van der Waals surface area contributed by atoms with Gasteiger partial charge in [0, 0.05) is 0 Å². The van der Waals surface area contributed by atoms with Gasteiger partial charge in [-0.25, -0.2) is 9.59 Å². The lowest BCUT2D eigenvalue weighted by Crippen LogP contribution is -2.40. The number of ether oxygens (including phenoxy) is 2. The predicted molar refractivity (Wildman–Crippen MR) is 111 cm³/mol. The lowest BCUT2D eigenvalue weighted by atomic mass is 10.0. The molecule has 1 atom stereocenters. The van der Waals surface area contributed by atoms with E-state index >= 15 is 0 Å². The fraction of sp³-hybridized carbons (Fsp3) is 0.818. The number of carbonyl (C=O) groups excluding carboxylic acids is 2. The maximum Gasteiger partial charge on any atom is 0.408 e. The first-order valence-corrected chi connectivity index (χ1v) is 10.8. The fourth-order valence-electron chi connectivity index (χ4n) is 2.83. The average Bonchev–Trinajstić information content (AvgIpc) is 2.66. The third kappa shape index (κ3) is 17.6. The molecule has 5 heteroatoms. The van der Waals surface area contributed by atoms with Crippen molar-refractivity contribution in [2.24, 2.45) is 0 Å². The van der Waals surface area contributed by atoms with E-state index in [1.807, 2.05) is 0 Å². The summed E-state index contributed by atoms with van der Waals surface area (Å²) in [5, 5.41) is 2.43. The van der Waals surface area contributed by atoms with E-state index in [0.29, 0.717) is 6.61 Å². The Morgan fingerprint density at radius 3 is 1.81 bits per heavy atom. The maximum absolute atomic E-state index is 11.8. The highest BCUT2D eigenvalue weighted by Crippen LogP contribution is 2.12. The third-order valence-corrected chi connectivity index (χ3v) is 4.51. The van der Waals surface area contributed by atoms with Gasteiger partial charge in [-0.15, -0.1) is 0 Å². The summed E-state index contributed by atoms with van der Waals surface area (Å²) in [6.07, 6.45) is 17.5. The molecule has 1 amide bonds. The molecule has 0 aliphatic carbocycles. The van der Waals surface area contributed by atoms with Gasteiger partial charge in [0.2, 0.25) is 0 Å². The summed E-state index contributed by atoms with van der Waals surface area (Å²) in [5.74, 6) is -0.426.